The average molecular weight is 379 g/mol. The third-order valence-electron chi connectivity index (χ3n) is 4.96. The molecule has 0 radical (unpaired) electrons. The molecule has 0 spiro atoms. The first-order valence-corrected chi connectivity index (χ1v) is 9.39. The van der Waals surface area contributed by atoms with E-state index in [2.05, 4.69) is 14.9 Å². The van der Waals surface area contributed by atoms with Crippen LogP contribution in [0, 0.1) is 5.82 Å². The molecule has 1 aromatic carbocycles. The number of hydrogen-bond acceptors (Lipinski definition) is 4. The number of nitrogens with zero attached hydrogens (tertiary/aromatic N) is 5. The molecule has 0 unspecified atom stereocenters. The number of hydrogen-bond donors (Lipinski definition) is 0. The maximum Gasteiger partial charge on any atom is 0.255 e. The number of carbonyl (C=O) groups excluding carboxylic acids is 1. The number of carbonyl (C=O) groups is 1. The minimum absolute atomic E-state index is 0.00770. The summed E-state index contributed by atoms with van der Waals surface area (Å²) in [4.78, 5) is 25.4. The molecular weight excluding hydrogens is 357 g/mol. The van der Waals surface area contributed by atoms with Gasteiger partial charge in [0.25, 0.3) is 5.91 Å². The fourth-order valence-electron chi connectivity index (χ4n) is 3.42. The Kier molecular flexibility index (Phi) is 5.43. The van der Waals surface area contributed by atoms with E-state index < -0.39 is 0 Å². The molecule has 28 heavy (non-hydrogen) atoms. The van der Waals surface area contributed by atoms with Crippen LogP contribution in [-0.2, 0) is 6.54 Å². The molecule has 1 saturated heterocycles. The van der Waals surface area contributed by atoms with E-state index in [1.54, 1.807) is 23.3 Å². The van der Waals surface area contributed by atoms with Crippen LogP contribution in [-0.4, -0.2) is 56.4 Å². The van der Waals surface area contributed by atoms with Crippen molar-refractivity contribution in [3.8, 4) is 5.82 Å². The largest absolute Gasteiger partial charge is 0.337 e. The summed E-state index contributed by atoms with van der Waals surface area (Å²) >= 11 is 0. The SMILES string of the molecule is O=C(c1ccc(-n2ccnc2)nc1)N1CCCN(Cc2ccc(F)cc2)CC1. The smallest absolute Gasteiger partial charge is 0.255 e. The van der Waals surface area contributed by atoms with E-state index in [0.717, 1.165) is 44.0 Å². The Morgan fingerprint density at radius 3 is 2.61 bits per heavy atom. The van der Waals surface area contributed by atoms with E-state index in [9.17, 15) is 9.18 Å². The monoisotopic (exact) mass is 379 g/mol. The zero-order valence-electron chi connectivity index (χ0n) is 15.5. The molecule has 1 amide bonds. The Labute approximate surface area is 163 Å². The van der Waals surface area contributed by atoms with E-state index in [-0.39, 0.29) is 11.7 Å². The summed E-state index contributed by atoms with van der Waals surface area (Å²) in [5.41, 5.74) is 1.68. The lowest BCUT2D eigenvalue weighted by atomic mass is 10.2. The molecule has 3 heterocycles. The van der Waals surface area contributed by atoms with Crippen molar-refractivity contribution in [2.45, 2.75) is 13.0 Å². The summed E-state index contributed by atoms with van der Waals surface area (Å²) in [5, 5.41) is 0. The highest BCUT2D eigenvalue weighted by molar-refractivity contribution is 5.94. The lowest BCUT2D eigenvalue weighted by molar-refractivity contribution is 0.0760. The van der Waals surface area contributed by atoms with Gasteiger partial charge in [-0.25, -0.2) is 14.4 Å². The molecule has 144 valence electrons. The van der Waals surface area contributed by atoms with Crippen molar-refractivity contribution in [1.29, 1.82) is 0 Å². The molecule has 0 aliphatic carbocycles. The van der Waals surface area contributed by atoms with Crippen LogP contribution in [0.1, 0.15) is 22.3 Å². The Bertz CT molecular complexity index is 909. The normalized spacial score (nSPS) is 15.4. The van der Waals surface area contributed by atoms with E-state index in [4.69, 9.17) is 0 Å². The van der Waals surface area contributed by atoms with Gasteiger partial charge in [-0.15, -0.1) is 0 Å². The lowest BCUT2D eigenvalue weighted by Gasteiger charge is -2.22. The zero-order valence-corrected chi connectivity index (χ0v) is 15.5. The first-order chi connectivity index (χ1) is 13.7. The Morgan fingerprint density at radius 2 is 1.89 bits per heavy atom. The minimum atomic E-state index is -0.218. The van der Waals surface area contributed by atoms with Crippen molar-refractivity contribution in [3.63, 3.8) is 0 Å². The molecular formula is C21H22FN5O. The van der Waals surface area contributed by atoms with E-state index in [1.165, 1.54) is 12.1 Å². The number of rotatable bonds is 4. The van der Waals surface area contributed by atoms with E-state index in [1.807, 2.05) is 35.4 Å². The molecule has 1 fully saturated rings. The topological polar surface area (TPSA) is 54.3 Å². The van der Waals surface area contributed by atoms with Gasteiger partial charge in [0.15, 0.2) is 0 Å². The Balaban J connectivity index is 1.37. The van der Waals surface area contributed by atoms with Crippen molar-refractivity contribution >= 4 is 5.91 Å². The van der Waals surface area contributed by atoms with Crippen LogP contribution < -0.4 is 0 Å². The Morgan fingerprint density at radius 1 is 1.04 bits per heavy atom. The second-order valence-electron chi connectivity index (χ2n) is 6.92. The van der Waals surface area contributed by atoms with Crippen molar-refractivity contribution in [1.82, 2.24) is 24.3 Å². The van der Waals surface area contributed by atoms with Gasteiger partial charge in [0, 0.05) is 51.3 Å². The van der Waals surface area contributed by atoms with Crippen molar-refractivity contribution in [3.05, 3.63) is 78.3 Å². The standard InChI is InChI=1S/C21H22FN5O/c22-19-5-2-17(3-6-19)15-25-9-1-10-26(13-12-25)21(28)18-4-7-20(24-14-18)27-11-8-23-16-27/h2-8,11,14,16H,1,9-10,12-13,15H2. The van der Waals surface area contributed by atoms with Crippen molar-refractivity contribution in [2.24, 2.45) is 0 Å². The average Bonchev–Trinajstić information content (AvgIpc) is 3.16. The van der Waals surface area contributed by atoms with Crippen LogP contribution in [0.25, 0.3) is 5.82 Å². The van der Waals surface area contributed by atoms with E-state index in [0.29, 0.717) is 12.1 Å². The van der Waals surface area contributed by atoms with Gasteiger partial charge in [0.05, 0.1) is 5.56 Å². The summed E-state index contributed by atoms with van der Waals surface area (Å²) in [5.74, 6) is 0.521. The zero-order chi connectivity index (χ0) is 19.3. The third-order valence-corrected chi connectivity index (χ3v) is 4.96. The third kappa shape index (κ3) is 4.26. The molecule has 1 aliphatic heterocycles. The highest BCUT2D eigenvalue weighted by Gasteiger charge is 2.20. The van der Waals surface area contributed by atoms with Crippen LogP contribution in [0.4, 0.5) is 4.39 Å². The molecule has 0 atom stereocenters. The second-order valence-corrected chi connectivity index (χ2v) is 6.92. The van der Waals surface area contributed by atoms with Crippen molar-refractivity contribution < 1.29 is 9.18 Å². The number of amides is 1. The van der Waals surface area contributed by atoms with Gasteiger partial charge in [-0.1, -0.05) is 12.1 Å². The van der Waals surface area contributed by atoms with Gasteiger partial charge in [0.2, 0.25) is 0 Å². The fourth-order valence-corrected chi connectivity index (χ4v) is 3.42. The van der Waals surface area contributed by atoms with E-state index >= 15 is 0 Å². The molecule has 0 saturated carbocycles. The molecule has 7 heteroatoms. The summed E-state index contributed by atoms with van der Waals surface area (Å²) < 4.78 is 14.9. The Hall–Kier alpha value is -3.06. The molecule has 4 rings (SSSR count). The van der Waals surface area contributed by atoms with Gasteiger partial charge in [-0.2, -0.15) is 0 Å². The predicted octanol–water partition coefficient (Wildman–Crippen LogP) is 2.75. The summed E-state index contributed by atoms with van der Waals surface area (Å²) in [6.45, 7) is 3.87. The number of pyridine rings is 1. The number of halogens is 1. The highest BCUT2D eigenvalue weighted by Crippen LogP contribution is 2.13. The van der Waals surface area contributed by atoms with Gasteiger partial charge >= 0.3 is 0 Å². The summed E-state index contributed by atoms with van der Waals surface area (Å²) in [6, 6.07) is 10.2. The fraction of sp³-hybridized carbons (Fsp3) is 0.286. The molecule has 2 aromatic heterocycles. The first kappa shape index (κ1) is 18.3. The molecule has 6 nitrogen and oxygen atoms in total. The molecule has 0 N–H and O–H groups in total. The summed E-state index contributed by atoms with van der Waals surface area (Å²) in [6.07, 6.45) is 7.71. The maximum atomic E-state index is 13.1. The maximum absolute atomic E-state index is 13.1. The van der Waals surface area contributed by atoms with Crippen LogP contribution in [0.3, 0.4) is 0 Å². The van der Waals surface area contributed by atoms with Crippen LogP contribution in [0.5, 0.6) is 0 Å². The highest BCUT2D eigenvalue weighted by atomic mass is 19.1. The quantitative estimate of drug-likeness (QED) is 0.700. The lowest BCUT2D eigenvalue weighted by Crippen LogP contribution is -2.35. The van der Waals surface area contributed by atoms with Gasteiger partial charge < -0.3 is 4.90 Å². The van der Waals surface area contributed by atoms with Crippen LogP contribution in [0.15, 0.2) is 61.3 Å². The minimum Gasteiger partial charge on any atom is -0.337 e. The van der Waals surface area contributed by atoms with Crippen molar-refractivity contribution in [2.75, 3.05) is 26.2 Å². The molecule has 0 bridgehead atoms. The summed E-state index contributed by atoms with van der Waals surface area (Å²) in [7, 11) is 0. The van der Waals surface area contributed by atoms with Gasteiger partial charge in [-0.05, 0) is 36.2 Å². The number of benzene rings is 1. The first-order valence-electron chi connectivity index (χ1n) is 9.39. The predicted molar refractivity (Wildman–Crippen MR) is 104 cm³/mol. The van der Waals surface area contributed by atoms with Crippen LogP contribution in [0.2, 0.25) is 0 Å². The van der Waals surface area contributed by atoms with Gasteiger partial charge in [-0.3, -0.25) is 14.3 Å². The second kappa shape index (κ2) is 8.31. The molecule has 3 aromatic rings. The van der Waals surface area contributed by atoms with Gasteiger partial charge in [0.1, 0.15) is 18.0 Å². The number of aromatic nitrogens is 3. The molecule has 1 aliphatic rings. The number of imidazole rings is 1. The van der Waals surface area contributed by atoms with Crippen LogP contribution >= 0.6 is 0 Å².